The average Bonchev–Trinajstić information content (AvgIpc) is 2.40. The molecule has 0 aromatic heterocycles. The van der Waals surface area contributed by atoms with Crippen molar-refractivity contribution < 1.29 is 22.8 Å². The Bertz CT molecular complexity index is 483. The van der Waals surface area contributed by atoms with Gasteiger partial charge in [-0.1, -0.05) is 13.0 Å². The van der Waals surface area contributed by atoms with Gasteiger partial charge in [-0.2, -0.15) is 13.2 Å². The Morgan fingerprint density at radius 2 is 2.14 bits per heavy atom. The highest BCUT2D eigenvalue weighted by molar-refractivity contribution is 8.00. The molecule has 5 nitrogen and oxygen atoms in total. The van der Waals surface area contributed by atoms with Crippen molar-refractivity contribution in [2.75, 3.05) is 18.9 Å². The maximum absolute atomic E-state index is 12.0. The molecule has 9 heteroatoms. The van der Waals surface area contributed by atoms with Gasteiger partial charge in [0.2, 0.25) is 0 Å². The molecular formula is C12H15F3N2O3S. The summed E-state index contributed by atoms with van der Waals surface area (Å²) in [5, 5.41) is 13.9. The van der Waals surface area contributed by atoms with Crippen LogP contribution in [0.1, 0.15) is 12.5 Å². The lowest BCUT2D eigenvalue weighted by atomic mass is 10.2. The van der Waals surface area contributed by atoms with Crippen LogP contribution in [0.25, 0.3) is 0 Å². The van der Waals surface area contributed by atoms with E-state index in [1.54, 1.807) is 6.07 Å². The predicted molar refractivity (Wildman–Crippen MR) is 74.5 cm³/mol. The molecule has 0 amide bonds. The fourth-order valence-corrected chi connectivity index (χ4v) is 1.91. The van der Waals surface area contributed by atoms with Crippen molar-refractivity contribution in [1.29, 1.82) is 0 Å². The molecule has 0 heterocycles. The van der Waals surface area contributed by atoms with Gasteiger partial charge in [0.25, 0.3) is 0 Å². The number of hydrogen-bond acceptors (Lipinski definition) is 5. The fraction of sp³-hybridized carbons (Fsp3) is 0.500. The van der Waals surface area contributed by atoms with Gasteiger partial charge in [-0.3, -0.25) is 10.1 Å². The highest BCUT2D eigenvalue weighted by Gasteiger charge is 2.27. The third-order valence-electron chi connectivity index (χ3n) is 2.41. The Labute approximate surface area is 124 Å². The highest BCUT2D eigenvalue weighted by atomic mass is 32.2. The minimum Gasteiger partial charge on any atom is -0.486 e. The van der Waals surface area contributed by atoms with E-state index in [9.17, 15) is 23.3 Å². The summed E-state index contributed by atoms with van der Waals surface area (Å²) >= 11 is -0.222. The molecule has 0 saturated carbocycles. The van der Waals surface area contributed by atoms with Gasteiger partial charge in [-0.25, -0.2) is 0 Å². The zero-order valence-corrected chi connectivity index (χ0v) is 12.1. The predicted octanol–water partition coefficient (Wildman–Crippen LogP) is 3.34. The lowest BCUT2D eigenvalue weighted by Gasteiger charge is -2.10. The molecule has 118 valence electrons. The first-order valence-electron chi connectivity index (χ1n) is 6.15. The molecule has 1 N–H and O–H groups in total. The molecule has 0 aliphatic rings. The van der Waals surface area contributed by atoms with Crippen LogP contribution < -0.4 is 10.1 Å². The van der Waals surface area contributed by atoms with E-state index in [1.165, 1.54) is 12.1 Å². The molecule has 1 rings (SSSR count). The topological polar surface area (TPSA) is 64.4 Å². The Morgan fingerprint density at radius 1 is 1.43 bits per heavy atom. The summed E-state index contributed by atoms with van der Waals surface area (Å²) in [5.41, 5.74) is -3.82. The van der Waals surface area contributed by atoms with Crippen molar-refractivity contribution >= 4 is 17.4 Å². The molecule has 0 unspecified atom stereocenters. The molecule has 0 aliphatic heterocycles. The van der Waals surface area contributed by atoms with Crippen molar-refractivity contribution in [2.45, 2.75) is 19.0 Å². The maximum Gasteiger partial charge on any atom is 0.441 e. The second-order valence-corrected chi connectivity index (χ2v) is 5.14. The molecule has 0 fully saturated rings. The largest absolute Gasteiger partial charge is 0.486 e. The first-order valence-corrected chi connectivity index (χ1v) is 7.13. The molecule has 1 aromatic carbocycles. The van der Waals surface area contributed by atoms with E-state index in [2.05, 4.69) is 5.32 Å². The highest BCUT2D eigenvalue weighted by Crippen LogP contribution is 2.31. The number of benzene rings is 1. The Morgan fingerprint density at radius 3 is 2.71 bits per heavy atom. The molecular weight excluding hydrogens is 309 g/mol. The van der Waals surface area contributed by atoms with Crippen LogP contribution in [0.3, 0.4) is 0 Å². The maximum atomic E-state index is 12.0. The summed E-state index contributed by atoms with van der Waals surface area (Å²) in [7, 11) is 0. The van der Waals surface area contributed by atoms with Gasteiger partial charge in [0.05, 0.1) is 11.5 Å². The Balaban J connectivity index is 2.69. The van der Waals surface area contributed by atoms with Crippen LogP contribution in [0.2, 0.25) is 0 Å². The van der Waals surface area contributed by atoms with Crippen molar-refractivity contribution in [3.63, 3.8) is 0 Å². The molecule has 0 saturated heterocycles. The third-order valence-corrected chi connectivity index (χ3v) is 3.10. The van der Waals surface area contributed by atoms with E-state index < -0.39 is 10.4 Å². The molecule has 0 aliphatic carbocycles. The van der Waals surface area contributed by atoms with E-state index in [0.717, 1.165) is 12.1 Å². The molecule has 0 atom stereocenters. The van der Waals surface area contributed by atoms with E-state index >= 15 is 0 Å². The van der Waals surface area contributed by atoms with Crippen molar-refractivity contribution in [1.82, 2.24) is 5.32 Å². The van der Waals surface area contributed by atoms with Crippen LogP contribution in [0.15, 0.2) is 18.2 Å². The quantitative estimate of drug-likeness (QED) is 0.451. The minimum absolute atomic E-state index is 0.0156. The van der Waals surface area contributed by atoms with Crippen LogP contribution >= 0.6 is 11.8 Å². The number of nitrogens with zero attached hydrogens (tertiary/aromatic N) is 1. The van der Waals surface area contributed by atoms with Crippen LogP contribution in [-0.4, -0.2) is 29.3 Å². The summed E-state index contributed by atoms with van der Waals surface area (Å²) in [4.78, 5) is 10.2. The SMILES string of the molecule is CCNCc1ccc([N+](=O)[O-])c(OCCSC(F)(F)F)c1. The van der Waals surface area contributed by atoms with E-state index in [4.69, 9.17) is 4.74 Å². The fourth-order valence-electron chi connectivity index (χ4n) is 1.51. The summed E-state index contributed by atoms with van der Waals surface area (Å²) in [6.45, 7) is 2.89. The van der Waals surface area contributed by atoms with Crippen LogP contribution in [0.4, 0.5) is 18.9 Å². The van der Waals surface area contributed by atoms with Gasteiger partial charge in [0, 0.05) is 18.4 Å². The first kappa shape index (κ1) is 17.6. The second-order valence-electron chi connectivity index (χ2n) is 3.98. The van der Waals surface area contributed by atoms with Crippen molar-refractivity contribution in [3.8, 4) is 5.75 Å². The smallest absolute Gasteiger partial charge is 0.441 e. The number of hydrogen-bond donors (Lipinski definition) is 1. The summed E-state index contributed by atoms with van der Waals surface area (Å²) in [6.07, 6.45) is 0. The van der Waals surface area contributed by atoms with Gasteiger partial charge in [-0.05, 0) is 29.9 Å². The zero-order valence-electron chi connectivity index (χ0n) is 11.3. The molecule has 0 bridgehead atoms. The standard InChI is InChI=1S/C12H15F3N2O3S/c1-2-16-8-9-3-4-10(17(18)19)11(7-9)20-5-6-21-12(13,14)15/h3-4,7,16H,2,5-6,8H2,1H3. The van der Waals surface area contributed by atoms with Gasteiger partial charge >= 0.3 is 11.2 Å². The summed E-state index contributed by atoms with van der Waals surface area (Å²) in [5.74, 6) is -0.337. The van der Waals surface area contributed by atoms with Crippen molar-refractivity contribution in [2.24, 2.45) is 0 Å². The Hall–Kier alpha value is -1.48. The number of nitro benzene ring substituents is 1. The molecule has 0 spiro atoms. The first-order chi connectivity index (χ1) is 9.83. The molecule has 1 aromatic rings. The number of nitrogens with one attached hydrogen (secondary N) is 1. The lowest BCUT2D eigenvalue weighted by molar-refractivity contribution is -0.385. The number of thioether (sulfide) groups is 1. The number of alkyl halides is 3. The van der Waals surface area contributed by atoms with Gasteiger partial charge in [0.15, 0.2) is 5.75 Å². The van der Waals surface area contributed by atoms with E-state index in [1.807, 2.05) is 6.92 Å². The monoisotopic (exact) mass is 324 g/mol. The van der Waals surface area contributed by atoms with Gasteiger partial charge in [-0.15, -0.1) is 0 Å². The van der Waals surface area contributed by atoms with Gasteiger partial charge < -0.3 is 10.1 Å². The van der Waals surface area contributed by atoms with Gasteiger partial charge in [0.1, 0.15) is 0 Å². The lowest BCUT2D eigenvalue weighted by Crippen LogP contribution is -2.12. The van der Waals surface area contributed by atoms with Crippen molar-refractivity contribution in [3.05, 3.63) is 33.9 Å². The van der Waals surface area contributed by atoms with E-state index in [-0.39, 0.29) is 35.6 Å². The average molecular weight is 324 g/mol. The van der Waals surface area contributed by atoms with Crippen LogP contribution in [0.5, 0.6) is 5.75 Å². The number of ether oxygens (including phenoxy) is 1. The summed E-state index contributed by atoms with van der Waals surface area (Å²) < 4.78 is 41.1. The second kappa shape index (κ2) is 8.08. The number of rotatable bonds is 8. The summed E-state index contributed by atoms with van der Waals surface area (Å²) in [6, 6.07) is 4.34. The number of halogens is 3. The van der Waals surface area contributed by atoms with Crippen LogP contribution in [-0.2, 0) is 6.54 Å². The normalized spacial score (nSPS) is 11.4. The third kappa shape index (κ3) is 6.67. The zero-order chi connectivity index (χ0) is 15.9. The molecule has 0 radical (unpaired) electrons. The van der Waals surface area contributed by atoms with E-state index in [0.29, 0.717) is 6.54 Å². The molecule has 21 heavy (non-hydrogen) atoms. The Kier molecular flexibility index (Phi) is 6.76. The minimum atomic E-state index is -4.33. The number of nitro groups is 1. The van der Waals surface area contributed by atoms with Crippen LogP contribution in [0, 0.1) is 10.1 Å².